The molecule has 5 rings (SSSR count). The SMILES string of the molecule is O=C1C(=O)N(c2nc3ccc(F)cc3s2)[C@@H](c2ccc([N+](=O)[O-])cc2)C1=C(O)c1ccc(F)cc1. The molecule has 4 aromatic rings. The van der Waals surface area contributed by atoms with Crippen molar-refractivity contribution in [3.8, 4) is 0 Å². The molecule has 35 heavy (non-hydrogen) atoms. The van der Waals surface area contributed by atoms with Gasteiger partial charge in [-0.05, 0) is 60.2 Å². The Labute approximate surface area is 199 Å². The monoisotopic (exact) mass is 493 g/mol. The molecule has 1 aliphatic heterocycles. The predicted octanol–water partition coefficient (Wildman–Crippen LogP) is 5.11. The Morgan fingerprint density at radius 3 is 2.31 bits per heavy atom. The number of nitro benzene ring substituents is 1. The topological polar surface area (TPSA) is 114 Å². The number of thiazole rings is 1. The molecule has 11 heteroatoms. The number of aromatic nitrogens is 1. The number of fused-ring (bicyclic) bond motifs is 1. The largest absolute Gasteiger partial charge is 0.507 e. The zero-order chi connectivity index (χ0) is 24.9. The number of carbonyl (C=O) groups excluding carboxylic acids is 2. The lowest BCUT2D eigenvalue weighted by Gasteiger charge is -2.22. The lowest BCUT2D eigenvalue weighted by atomic mass is 9.95. The van der Waals surface area contributed by atoms with Crippen molar-refractivity contribution in [3.05, 3.63) is 105 Å². The smallest absolute Gasteiger partial charge is 0.301 e. The van der Waals surface area contributed by atoms with Crippen molar-refractivity contribution in [2.45, 2.75) is 6.04 Å². The second-order valence-corrected chi connectivity index (χ2v) is 8.64. The molecule has 1 atom stereocenters. The van der Waals surface area contributed by atoms with Crippen molar-refractivity contribution in [3.63, 3.8) is 0 Å². The Bertz CT molecular complexity index is 1550. The van der Waals surface area contributed by atoms with E-state index >= 15 is 0 Å². The average Bonchev–Trinajstić information content (AvgIpc) is 3.37. The lowest BCUT2D eigenvalue weighted by molar-refractivity contribution is -0.384. The lowest BCUT2D eigenvalue weighted by Crippen LogP contribution is -2.29. The highest BCUT2D eigenvalue weighted by molar-refractivity contribution is 7.22. The van der Waals surface area contributed by atoms with Crippen molar-refractivity contribution >= 4 is 49.8 Å². The van der Waals surface area contributed by atoms with Gasteiger partial charge in [0.05, 0.1) is 26.8 Å². The minimum Gasteiger partial charge on any atom is -0.507 e. The maximum absolute atomic E-state index is 13.7. The van der Waals surface area contributed by atoms with Crippen LogP contribution >= 0.6 is 11.3 Å². The number of ketones is 1. The Balaban J connectivity index is 1.72. The summed E-state index contributed by atoms with van der Waals surface area (Å²) >= 11 is 0.972. The fraction of sp³-hybridized carbons (Fsp3) is 0.0417. The molecule has 0 unspecified atom stereocenters. The molecule has 3 aromatic carbocycles. The first kappa shape index (κ1) is 22.3. The Kier molecular flexibility index (Phi) is 5.33. The maximum Gasteiger partial charge on any atom is 0.301 e. The molecule has 0 saturated carbocycles. The summed E-state index contributed by atoms with van der Waals surface area (Å²) in [4.78, 5) is 42.2. The predicted molar refractivity (Wildman–Crippen MR) is 124 cm³/mol. The molecular weight excluding hydrogens is 480 g/mol. The number of halogens is 2. The van der Waals surface area contributed by atoms with Crippen LogP contribution in [0.25, 0.3) is 16.0 Å². The molecule has 0 bridgehead atoms. The van der Waals surface area contributed by atoms with Crippen LogP contribution in [0, 0.1) is 21.7 Å². The highest BCUT2D eigenvalue weighted by Crippen LogP contribution is 2.44. The van der Waals surface area contributed by atoms with Gasteiger partial charge in [0, 0.05) is 17.7 Å². The van der Waals surface area contributed by atoms with Crippen LogP contribution in [0.1, 0.15) is 17.2 Å². The number of nitro groups is 1. The second-order valence-electron chi connectivity index (χ2n) is 7.63. The van der Waals surface area contributed by atoms with E-state index in [1.54, 1.807) is 0 Å². The first-order chi connectivity index (χ1) is 16.7. The summed E-state index contributed by atoms with van der Waals surface area (Å²) in [6.07, 6.45) is 0. The van der Waals surface area contributed by atoms with E-state index in [0.29, 0.717) is 15.8 Å². The highest BCUT2D eigenvalue weighted by Gasteiger charge is 2.48. The van der Waals surface area contributed by atoms with Crippen molar-refractivity contribution < 1.29 is 28.4 Å². The number of aliphatic hydroxyl groups is 1. The fourth-order valence-electron chi connectivity index (χ4n) is 3.88. The molecular formula is C24H13F2N3O5S. The van der Waals surface area contributed by atoms with E-state index in [0.717, 1.165) is 28.4 Å². The first-order valence-electron chi connectivity index (χ1n) is 10.1. The highest BCUT2D eigenvalue weighted by atomic mass is 32.1. The van der Waals surface area contributed by atoms with Crippen molar-refractivity contribution in [1.82, 2.24) is 4.98 Å². The van der Waals surface area contributed by atoms with Crippen molar-refractivity contribution in [2.75, 3.05) is 4.90 Å². The van der Waals surface area contributed by atoms with Gasteiger partial charge in [-0.1, -0.05) is 11.3 Å². The number of nitrogens with zero attached hydrogens (tertiary/aromatic N) is 3. The van der Waals surface area contributed by atoms with E-state index in [2.05, 4.69) is 4.98 Å². The third-order valence-electron chi connectivity index (χ3n) is 5.53. The third kappa shape index (κ3) is 3.81. The molecule has 0 radical (unpaired) electrons. The van der Waals surface area contributed by atoms with E-state index in [1.807, 2.05) is 0 Å². The normalized spacial score (nSPS) is 17.3. The molecule has 174 valence electrons. The quantitative estimate of drug-likeness (QED) is 0.139. The summed E-state index contributed by atoms with van der Waals surface area (Å²) in [6.45, 7) is 0. The summed E-state index contributed by atoms with van der Waals surface area (Å²) < 4.78 is 27.6. The molecule has 1 N–H and O–H groups in total. The summed E-state index contributed by atoms with van der Waals surface area (Å²) in [5.74, 6) is -3.60. The van der Waals surface area contributed by atoms with Gasteiger partial charge in [-0.25, -0.2) is 13.8 Å². The standard InChI is InChI=1S/C24H13F2N3O5S/c25-14-5-1-13(2-6-14)21(30)19-20(12-3-8-16(9-4-12)29(33)34)28(23(32)22(19)31)24-27-17-10-7-15(26)11-18(17)35-24/h1-11,20,30H/t20-/m0/s1. The second kappa shape index (κ2) is 8.37. The van der Waals surface area contributed by atoms with Gasteiger partial charge in [0.25, 0.3) is 11.5 Å². The maximum atomic E-state index is 13.7. The third-order valence-corrected chi connectivity index (χ3v) is 6.54. The number of benzene rings is 3. The van der Waals surface area contributed by atoms with Crippen molar-refractivity contribution in [1.29, 1.82) is 0 Å². The number of carbonyl (C=O) groups is 2. The molecule has 0 spiro atoms. The van der Waals surface area contributed by atoms with Crippen LogP contribution in [0.2, 0.25) is 0 Å². The van der Waals surface area contributed by atoms with Gasteiger partial charge in [-0.15, -0.1) is 0 Å². The van der Waals surface area contributed by atoms with Gasteiger partial charge in [-0.2, -0.15) is 0 Å². The van der Waals surface area contributed by atoms with E-state index in [9.17, 15) is 33.6 Å². The number of amides is 1. The first-order valence-corrected chi connectivity index (χ1v) is 10.9. The molecule has 1 aromatic heterocycles. The number of Topliss-reactive ketones (excluding diaryl/α,β-unsaturated/α-hetero) is 1. The zero-order valence-corrected chi connectivity index (χ0v) is 18.3. The van der Waals surface area contributed by atoms with Gasteiger partial charge in [0.2, 0.25) is 0 Å². The van der Waals surface area contributed by atoms with Gasteiger partial charge in [0.1, 0.15) is 17.4 Å². The minimum atomic E-state index is -1.19. The van der Waals surface area contributed by atoms with Gasteiger partial charge < -0.3 is 5.11 Å². The van der Waals surface area contributed by atoms with E-state index in [1.165, 1.54) is 54.6 Å². The molecule has 1 aliphatic rings. The number of hydrogen-bond acceptors (Lipinski definition) is 7. The van der Waals surface area contributed by atoms with Gasteiger partial charge >= 0.3 is 5.91 Å². The summed E-state index contributed by atoms with van der Waals surface area (Å²) in [6, 6.07) is 12.5. The molecule has 2 heterocycles. The zero-order valence-electron chi connectivity index (χ0n) is 17.5. The average molecular weight is 493 g/mol. The van der Waals surface area contributed by atoms with E-state index in [4.69, 9.17) is 0 Å². The minimum absolute atomic E-state index is 0.0780. The number of rotatable bonds is 4. The number of anilines is 1. The summed E-state index contributed by atoms with van der Waals surface area (Å²) in [5, 5.41) is 22.2. The molecule has 1 fully saturated rings. The molecule has 0 aliphatic carbocycles. The van der Waals surface area contributed by atoms with E-state index in [-0.39, 0.29) is 22.0 Å². The molecule has 1 amide bonds. The van der Waals surface area contributed by atoms with Crippen LogP contribution in [-0.2, 0) is 9.59 Å². The number of aliphatic hydroxyl groups excluding tert-OH is 1. The number of hydrogen-bond donors (Lipinski definition) is 1. The van der Waals surface area contributed by atoms with Crippen LogP contribution < -0.4 is 4.90 Å². The molecule has 1 saturated heterocycles. The fourth-order valence-corrected chi connectivity index (χ4v) is 4.89. The Morgan fingerprint density at radius 1 is 1.00 bits per heavy atom. The van der Waals surface area contributed by atoms with Crippen molar-refractivity contribution in [2.24, 2.45) is 0 Å². The summed E-state index contributed by atoms with van der Waals surface area (Å²) in [5.41, 5.74) is 0.293. The number of non-ortho nitro benzene ring substituents is 1. The van der Waals surface area contributed by atoms with Crippen LogP contribution in [0.15, 0.2) is 72.3 Å². The van der Waals surface area contributed by atoms with Gasteiger partial charge in [-0.3, -0.25) is 24.6 Å². The van der Waals surface area contributed by atoms with Gasteiger partial charge in [0.15, 0.2) is 5.13 Å². The van der Waals surface area contributed by atoms with Crippen LogP contribution in [-0.4, -0.2) is 26.7 Å². The molecule has 8 nitrogen and oxygen atoms in total. The van der Waals surface area contributed by atoms with E-state index < -0.39 is 40.0 Å². The Morgan fingerprint density at radius 2 is 1.66 bits per heavy atom. The Hall–Kier alpha value is -4.51. The van der Waals surface area contributed by atoms with Crippen LogP contribution in [0.5, 0.6) is 0 Å². The summed E-state index contributed by atoms with van der Waals surface area (Å²) in [7, 11) is 0. The van der Waals surface area contributed by atoms with Crippen LogP contribution in [0.3, 0.4) is 0 Å². The van der Waals surface area contributed by atoms with Crippen LogP contribution in [0.4, 0.5) is 19.6 Å².